The molecule has 1 heterocycles. The topological polar surface area (TPSA) is 125 Å². The number of nitrogens with one attached hydrogen (secondary N) is 2. The standard InChI is InChI=1S/C14H13N3O5/c1-2-22-13(20)8-4-3-5-9(6-8)15-7-10-11(18)16-14(21)17-12(10)19/h3-7H,2H2,1H3,(H3,16,17,18,19,21). The van der Waals surface area contributed by atoms with Crippen molar-refractivity contribution in [3.8, 4) is 5.88 Å². The number of carbonyl (C=O) groups excluding carboxylic acids is 1. The number of hydrogen-bond acceptors (Lipinski definition) is 6. The Hall–Kier alpha value is -3.16. The van der Waals surface area contributed by atoms with Crippen LogP contribution in [0.1, 0.15) is 22.8 Å². The van der Waals surface area contributed by atoms with Crippen molar-refractivity contribution in [1.82, 2.24) is 9.97 Å². The van der Waals surface area contributed by atoms with Gasteiger partial charge in [0.05, 0.1) is 17.9 Å². The van der Waals surface area contributed by atoms with E-state index < -0.39 is 23.1 Å². The molecule has 0 unspecified atom stereocenters. The van der Waals surface area contributed by atoms with E-state index in [2.05, 4.69) is 4.99 Å². The van der Waals surface area contributed by atoms with Crippen LogP contribution in [0, 0.1) is 0 Å². The number of aromatic amines is 2. The van der Waals surface area contributed by atoms with Gasteiger partial charge >= 0.3 is 11.7 Å². The molecule has 1 aromatic carbocycles. The number of esters is 1. The number of aromatic hydroxyl groups is 1. The van der Waals surface area contributed by atoms with Gasteiger partial charge in [0, 0.05) is 6.21 Å². The van der Waals surface area contributed by atoms with Crippen molar-refractivity contribution in [2.75, 3.05) is 6.61 Å². The van der Waals surface area contributed by atoms with Crippen LogP contribution in [0.5, 0.6) is 5.88 Å². The van der Waals surface area contributed by atoms with Crippen LogP contribution in [0.3, 0.4) is 0 Å². The lowest BCUT2D eigenvalue weighted by Crippen LogP contribution is -2.24. The summed E-state index contributed by atoms with van der Waals surface area (Å²) in [6.45, 7) is 1.96. The van der Waals surface area contributed by atoms with E-state index in [9.17, 15) is 19.5 Å². The van der Waals surface area contributed by atoms with Crippen LogP contribution in [0.2, 0.25) is 0 Å². The molecule has 0 aliphatic heterocycles. The molecule has 0 atom stereocenters. The van der Waals surface area contributed by atoms with E-state index in [0.717, 1.165) is 6.21 Å². The largest absolute Gasteiger partial charge is 0.494 e. The second kappa shape index (κ2) is 6.53. The maximum absolute atomic E-state index is 11.6. The molecule has 0 radical (unpaired) electrons. The number of benzene rings is 1. The van der Waals surface area contributed by atoms with E-state index >= 15 is 0 Å². The van der Waals surface area contributed by atoms with E-state index in [0.29, 0.717) is 11.3 Å². The Morgan fingerprint density at radius 3 is 2.82 bits per heavy atom. The molecule has 3 N–H and O–H groups in total. The molecule has 8 nitrogen and oxygen atoms in total. The van der Waals surface area contributed by atoms with Gasteiger partial charge in [-0.3, -0.25) is 19.8 Å². The highest BCUT2D eigenvalue weighted by atomic mass is 16.5. The van der Waals surface area contributed by atoms with Gasteiger partial charge < -0.3 is 9.84 Å². The summed E-state index contributed by atoms with van der Waals surface area (Å²) in [5.41, 5.74) is -1.08. The number of nitrogens with zero attached hydrogens (tertiary/aromatic N) is 1. The van der Waals surface area contributed by atoms with Crippen LogP contribution in [-0.2, 0) is 4.74 Å². The zero-order valence-corrected chi connectivity index (χ0v) is 11.6. The highest BCUT2D eigenvalue weighted by molar-refractivity contribution is 5.91. The lowest BCUT2D eigenvalue weighted by Gasteiger charge is -2.02. The number of ether oxygens (including phenoxy) is 1. The Morgan fingerprint density at radius 1 is 1.36 bits per heavy atom. The Bertz CT molecular complexity index is 835. The summed E-state index contributed by atoms with van der Waals surface area (Å²) in [6.07, 6.45) is 1.09. The van der Waals surface area contributed by atoms with Crippen molar-refractivity contribution in [3.05, 3.63) is 56.2 Å². The molecule has 8 heteroatoms. The molecule has 0 aliphatic carbocycles. The number of carbonyl (C=O) groups is 1. The van der Waals surface area contributed by atoms with Gasteiger partial charge in [-0.15, -0.1) is 0 Å². The Kier molecular flexibility index (Phi) is 4.52. The number of hydrogen-bond donors (Lipinski definition) is 3. The van der Waals surface area contributed by atoms with Gasteiger partial charge in [0.1, 0.15) is 5.56 Å². The summed E-state index contributed by atoms with van der Waals surface area (Å²) in [6, 6.07) is 6.26. The van der Waals surface area contributed by atoms with Crippen molar-refractivity contribution < 1.29 is 14.6 Å². The van der Waals surface area contributed by atoms with Gasteiger partial charge in [0.2, 0.25) is 5.88 Å². The maximum Gasteiger partial charge on any atom is 0.338 e. The minimum absolute atomic E-state index is 0.193. The number of rotatable bonds is 4. The predicted octanol–water partition coefficient (Wildman–Crippen LogP) is 0.696. The monoisotopic (exact) mass is 303 g/mol. The first-order chi connectivity index (χ1) is 10.5. The zero-order valence-electron chi connectivity index (χ0n) is 11.6. The molecule has 0 amide bonds. The zero-order chi connectivity index (χ0) is 16.1. The molecule has 0 saturated heterocycles. The molecule has 0 fully saturated rings. The van der Waals surface area contributed by atoms with Gasteiger partial charge in [-0.25, -0.2) is 9.59 Å². The van der Waals surface area contributed by atoms with E-state index in [1.165, 1.54) is 6.07 Å². The van der Waals surface area contributed by atoms with Crippen molar-refractivity contribution in [2.24, 2.45) is 4.99 Å². The normalized spacial score (nSPS) is 10.8. The number of aliphatic imine (C=N–C) groups is 1. The smallest absolute Gasteiger partial charge is 0.338 e. The minimum Gasteiger partial charge on any atom is -0.494 e. The molecule has 114 valence electrons. The third-order valence-corrected chi connectivity index (χ3v) is 2.66. The SMILES string of the molecule is CCOC(=O)c1cccc(N=Cc2c(O)[nH]c(=O)[nH]c2=O)c1. The summed E-state index contributed by atoms with van der Waals surface area (Å²) in [7, 11) is 0. The van der Waals surface area contributed by atoms with Gasteiger partial charge in [-0.05, 0) is 25.1 Å². The molecule has 2 rings (SSSR count). The van der Waals surface area contributed by atoms with Crippen molar-refractivity contribution in [2.45, 2.75) is 6.92 Å². The van der Waals surface area contributed by atoms with Crippen molar-refractivity contribution >= 4 is 17.9 Å². The van der Waals surface area contributed by atoms with E-state index in [1.54, 1.807) is 25.1 Å². The third-order valence-electron chi connectivity index (χ3n) is 2.66. The van der Waals surface area contributed by atoms with Crippen molar-refractivity contribution in [3.63, 3.8) is 0 Å². The van der Waals surface area contributed by atoms with Gasteiger partial charge in [0.25, 0.3) is 5.56 Å². The van der Waals surface area contributed by atoms with Gasteiger partial charge in [0.15, 0.2) is 0 Å². The fraction of sp³-hybridized carbons (Fsp3) is 0.143. The molecular formula is C14H13N3O5. The first kappa shape index (κ1) is 15.2. The van der Waals surface area contributed by atoms with Gasteiger partial charge in [-0.1, -0.05) is 6.07 Å². The Balaban J connectivity index is 2.32. The fourth-order valence-electron chi connectivity index (χ4n) is 1.67. The average molecular weight is 303 g/mol. The first-order valence-electron chi connectivity index (χ1n) is 6.38. The highest BCUT2D eigenvalue weighted by Crippen LogP contribution is 2.15. The van der Waals surface area contributed by atoms with Crippen LogP contribution in [0.4, 0.5) is 5.69 Å². The summed E-state index contributed by atoms with van der Waals surface area (Å²) >= 11 is 0. The molecular weight excluding hydrogens is 290 g/mol. The van der Waals surface area contributed by atoms with Crippen LogP contribution >= 0.6 is 0 Å². The van der Waals surface area contributed by atoms with E-state index in [1.807, 2.05) is 9.97 Å². The van der Waals surface area contributed by atoms with Gasteiger partial charge in [-0.2, -0.15) is 0 Å². The molecule has 0 spiro atoms. The summed E-state index contributed by atoms with van der Waals surface area (Å²) in [4.78, 5) is 42.1. The molecule has 0 saturated carbocycles. The fourth-order valence-corrected chi connectivity index (χ4v) is 1.67. The number of aromatic nitrogens is 2. The second-order valence-corrected chi connectivity index (χ2v) is 4.20. The van der Waals surface area contributed by atoms with Crippen LogP contribution < -0.4 is 11.2 Å². The Morgan fingerprint density at radius 2 is 2.14 bits per heavy atom. The molecule has 22 heavy (non-hydrogen) atoms. The van der Waals surface area contributed by atoms with Crippen molar-refractivity contribution in [1.29, 1.82) is 0 Å². The lowest BCUT2D eigenvalue weighted by molar-refractivity contribution is 0.0526. The van der Waals surface area contributed by atoms with Crippen LogP contribution in [0.25, 0.3) is 0 Å². The Labute approximate surface area is 124 Å². The van der Waals surface area contributed by atoms with E-state index in [-0.39, 0.29) is 12.2 Å². The highest BCUT2D eigenvalue weighted by Gasteiger charge is 2.07. The first-order valence-corrected chi connectivity index (χ1v) is 6.38. The molecule has 1 aromatic heterocycles. The van der Waals surface area contributed by atoms with Crippen LogP contribution in [-0.4, -0.2) is 33.9 Å². The van der Waals surface area contributed by atoms with Crippen LogP contribution in [0.15, 0.2) is 38.8 Å². The number of H-pyrrole nitrogens is 2. The minimum atomic E-state index is -0.816. The molecule has 2 aromatic rings. The molecule has 0 aliphatic rings. The predicted molar refractivity (Wildman–Crippen MR) is 79.0 cm³/mol. The summed E-state index contributed by atoms with van der Waals surface area (Å²) < 4.78 is 4.87. The second-order valence-electron chi connectivity index (χ2n) is 4.20. The van der Waals surface area contributed by atoms with E-state index in [4.69, 9.17) is 4.74 Å². The third kappa shape index (κ3) is 3.48. The maximum atomic E-state index is 11.6. The lowest BCUT2D eigenvalue weighted by atomic mass is 10.2. The summed E-state index contributed by atoms with van der Waals surface area (Å²) in [5.74, 6) is -1.07. The molecule has 0 bridgehead atoms. The average Bonchev–Trinajstić information content (AvgIpc) is 2.46. The summed E-state index contributed by atoms with van der Waals surface area (Å²) in [5, 5.41) is 9.52. The quantitative estimate of drug-likeness (QED) is 0.566.